The summed E-state index contributed by atoms with van der Waals surface area (Å²) in [5.74, 6) is -0.863. The molecule has 1 unspecified atom stereocenters. The van der Waals surface area contributed by atoms with Gasteiger partial charge in [-0.1, -0.05) is 0 Å². The van der Waals surface area contributed by atoms with Gasteiger partial charge in [-0.2, -0.15) is 0 Å². The van der Waals surface area contributed by atoms with Crippen LogP contribution >= 0.6 is 0 Å². The number of rotatable bonds is 4. The molecule has 7 nitrogen and oxygen atoms in total. The fraction of sp³-hybridized carbons (Fsp3) is 0.308. The van der Waals surface area contributed by atoms with Gasteiger partial charge in [0, 0.05) is 12.6 Å². The average Bonchev–Trinajstić information content (AvgIpc) is 2.77. The summed E-state index contributed by atoms with van der Waals surface area (Å²) in [5.41, 5.74) is 7.21. The molecule has 0 saturated carbocycles. The number of amides is 1. The zero-order chi connectivity index (χ0) is 14.7. The first-order valence-corrected chi connectivity index (χ1v) is 6.11. The molecule has 1 heterocycles. The maximum Gasteiger partial charge on any atom is 0.332 e. The fourth-order valence-electron chi connectivity index (χ4n) is 1.68. The molecule has 0 aliphatic rings. The number of nitrogens with one attached hydrogen (secondary N) is 1. The molecule has 0 radical (unpaired) electrons. The second kappa shape index (κ2) is 5.70. The minimum atomic E-state index is -1.36. The molecule has 1 atom stereocenters. The van der Waals surface area contributed by atoms with Crippen LogP contribution < -0.4 is 11.1 Å². The van der Waals surface area contributed by atoms with Crippen LogP contribution in [0.4, 0.5) is 5.69 Å². The van der Waals surface area contributed by atoms with Crippen LogP contribution in [0.5, 0.6) is 0 Å². The Morgan fingerprint density at radius 3 is 2.95 bits per heavy atom. The van der Waals surface area contributed by atoms with Crippen LogP contribution in [0, 0.1) is 6.92 Å². The van der Waals surface area contributed by atoms with Crippen molar-refractivity contribution in [3.05, 3.63) is 24.1 Å². The molecule has 0 saturated heterocycles. The molecule has 106 valence electrons. The lowest BCUT2D eigenvalue weighted by Gasteiger charge is -2.10. The number of nitrogens with zero attached hydrogens (tertiary/aromatic N) is 1. The Bertz CT molecular complexity index is 650. The van der Waals surface area contributed by atoms with Crippen LogP contribution in [0.15, 0.2) is 22.6 Å². The van der Waals surface area contributed by atoms with Gasteiger partial charge in [-0.25, -0.2) is 9.78 Å². The zero-order valence-corrected chi connectivity index (χ0v) is 11.2. The van der Waals surface area contributed by atoms with E-state index >= 15 is 0 Å². The summed E-state index contributed by atoms with van der Waals surface area (Å²) in [7, 11) is 0. The van der Waals surface area contributed by atoms with E-state index in [9.17, 15) is 9.59 Å². The maximum atomic E-state index is 11.8. The molecular formula is C13H15N3O4. The van der Waals surface area contributed by atoms with E-state index in [1.54, 1.807) is 32.0 Å². The second-order valence-corrected chi connectivity index (χ2v) is 4.13. The van der Waals surface area contributed by atoms with Crippen molar-refractivity contribution in [1.29, 1.82) is 0 Å². The molecule has 20 heavy (non-hydrogen) atoms. The third kappa shape index (κ3) is 2.94. The Morgan fingerprint density at radius 2 is 2.25 bits per heavy atom. The van der Waals surface area contributed by atoms with Gasteiger partial charge in [0.15, 0.2) is 17.5 Å². The lowest BCUT2D eigenvalue weighted by Crippen LogP contribution is -2.43. The Morgan fingerprint density at radius 1 is 1.50 bits per heavy atom. The molecule has 1 aromatic heterocycles. The smallest absolute Gasteiger partial charge is 0.332 e. The molecule has 3 N–H and O–H groups in total. The number of fused-ring (bicyclic) bond motifs is 1. The van der Waals surface area contributed by atoms with Gasteiger partial charge in [0.05, 0.1) is 6.61 Å². The molecule has 7 heteroatoms. The van der Waals surface area contributed by atoms with Gasteiger partial charge in [-0.05, 0) is 25.1 Å². The van der Waals surface area contributed by atoms with Crippen molar-refractivity contribution in [3.63, 3.8) is 0 Å². The van der Waals surface area contributed by atoms with Gasteiger partial charge >= 0.3 is 5.97 Å². The number of ether oxygens (including phenoxy) is 1. The largest absolute Gasteiger partial charge is 0.464 e. The lowest BCUT2D eigenvalue weighted by molar-refractivity contribution is -0.146. The number of oxazole rings is 1. The van der Waals surface area contributed by atoms with E-state index in [-0.39, 0.29) is 6.61 Å². The summed E-state index contributed by atoms with van der Waals surface area (Å²) in [4.78, 5) is 27.3. The van der Waals surface area contributed by atoms with Gasteiger partial charge in [0.25, 0.3) is 5.91 Å². The average molecular weight is 277 g/mol. The number of carbonyl (C=O) groups excluding carboxylic acids is 2. The topological polar surface area (TPSA) is 107 Å². The van der Waals surface area contributed by atoms with Crippen LogP contribution in [0.2, 0.25) is 0 Å². The number of esters is 1. The van der Waals surface area contributed by atoms with E-state index in [1.165, 1.54) is 0 Å². The second-order valence-electron chi connectivity index (χ2n) is 4.13. The van der Waals surface area contributed by atoms with E-state index in [1.807, 2.05) is 0 Å². The van der Waals surface area contributed by atoms with Crippen LogP contribution in [0.1, 0.15) is 12.8 Å². The molecule has 2 aromatic rings. The highest BCUT2D eigenvalue weighted by Gasteiger charge is 2.23. The van der Waals surface area contributed by atoms with Crippen LogP contribution in [0.25, 0.3) is 11.1 Å². The Balaban J connectivity index is 2.11. The van der Waals surface area contributed by atoms with E-state index in [4.69, 9.17) is 10.2 Å². The number of aromatic nitrogens is 1. The van der Waals surface area contributed by atoms with Gasteiger partial charge in [-0.3, -0.25) is 4.79 Å². The van der Waals surface area contributed by atoms with E-state index in [2.05, 4.69) is 15.0 Å². The summed E-state index contributed by atoms with van der Waals surface area (Å²) in [6.45, 7) is 3.54. The summed E-state index contributed by atoms with van der Waals surface area (Å²) in [6.07, 6.45) is 0. The highest BCUT2D eigenvalue weighted by Crippen LogP contribution is 2.19. The zero-order valence-electron chi connectivity index (χ0n) is 11.2. The summed E-state index contributed by atoms with van der Waals surface area (Å²) >= 11 is 0. The summed E-state index contributed by atoms with van der Waals surface area (Å²) < 4.78 is 10.0. The Kier molecular flexibility index (Phi) is 3.99. The Hall–Kier alpha value is -2.41. The minimum Gasteiger partial charge on any atom is -0.464 e. The first kappa shape index (κ1) is 14.0. The quantitative estimate of drug-likeness (QED) is 0.636. The molecule has 0 aliphatic carbocycles. The van der Waals surface area contributed by atoms with Crippen LogP contribution in [0.3, 0.4) is 0 Å². The van der Waals surface area contributed by atoms with Crippen molar-refractivity contribution in [2.24, 2.45) is 5.73 Å². The van der Waals surface area contributed by atoms with Crippen molar-refractivity contribution >= 4 is 28.7 Å². The third-order valence-corrected chi connectivity index (χ3v) is 2.59. The van der Waals surface area contributed by atoms with E-state index < -0.39 is 17.9 Å². The van der Waals surface area contributed by atoms with Gasteiger partial charge < -0.3 is 20.2 Å². The Labute approximate surface area is 115 Å². The number of nitrogens with two attached hydrogens (primary N) is 1. The van der Waals surface area contributed by atoms with Gasteiger partial charge in [0.2, 0.25) is 0 Å². The predicted octanol–water partition coefficient (Wildman–Crippen LogP) is 0.965. The maximum absolute atomic E-state index is 11.8. The first-order valence-electron chi connectivity index (χ1n) is 6.11. The number of carbonyl (C=O) groups is 2. The lowest BCUT2D eigenvalue weighted by atomic mass is 10.2. The molecule has 0 aliphatic heterocycles. The molecular weight excluding hydrogens is 262 g/mol. The van der Waals surface area contributed by atoms with Crippen molar-refractivity contribution in [2.45, 2.75) is 19.9 Å². The van der Waals surface area contributed by atoms with Gasteiger partial charge in [-0.15, -0.1) is 0 Å². The van der Waals surface area contributed by atoms with E-state index in [0.717, 1.165) is 0 Å². The third-order valence-electron chi connectivity index (χ3n) is 2.59. The monoisotopic (exact) mass is 277 g/mol. The fourth-order valence-corrected chi connectivity index (χ4v) is 1.68. The molecule has 1 amide bonds. The molecule has 0 bridgehead atoms. The molecule has 2 rings (SSSR count). The summed E-state index contributed by atoms with van der Waals surface area (Å²) in [6, 6.07) is 3.61. The first-order chi connectivity index (χ1) is 9.51. The van der Waals surface area contributed by atoms with Crippen molar-refractivity contribution in [3.8, 4) is 0 Å². The summed E-state index contributed by atoms with van der Waals surface area (Å²) in [5, 5.41) is 2.54. The highest BCUT2D eigenvalue weighted by molar-refractivity contribution is 6.08. The standard InChI is InChI=1S/C13H15N3O4/c1-3-19-13(18)11(14)12(17)16-8-4-5-10-9(6-8)15-7(2)20-10/h4-6,11H,3,14H2,1-2H3,(H,16,17). The normalized spacial score (nSPS) is 12.2. The van der Waals surface area contributed by atoms with Crippen molar-refractivity contribution in [1.82, 2.24) is 4.98 Å². The minimum absolute atomic E-state index is 0.171. The van der Waals surface area contributed by atoms with E-state index in [0.29, 0.717) is 22.7 Å². The number of hydrogen-bond acceptors (Lipinski definition) is 6. The van der Waals surface area contributed by atoms with Gasteiger partial charge in [0.1, 0.15) is 5.52 Å². The predicted molar refractivity (Wildman–Crippen MR) is 72.0 cm³/mol. The van der Waals surface area contributed by atoms with Crippen molar-refractivity contribution < 1.29 is 18.7 Å². The molecule has 0 fully saturated rings. The number of anilines is 1. The van der Waals surface area contributed by atoms with Crippen molar-refractivity contribution in [2.75, 3.05) is 11.9 Å². The van der Waals surface area contributed by atoms with Crippen LogP contribution in [-0.4, -0.2) is 29.5 Å². The number of aryl methyl sites for hydroxylation is 1. The number of benzene rings is 1. The molecule has 0 spiro atoms. The van der Waals surface area contributed by atoms with Crippen LogP contribution in [-0.2, 0) is 14.3 Å². The molecule has 1 aromatic carbocycles. The highest BCUT2D eigenvalue weighted by atomic mass is 16.5. The SMILES string of the molecule is CCOC(=O)C(N)C(=O)Nc1ccc2oc(C)nc2c1. The number of hydrogen-bond donors (Lipinski definition) is 2.